The predicted octanol–water partition coefficient (Wildman–Crippen LogP) is 2.82. The van der Waals surface area contributed by atoms with Crippen molar-refractivity contribution in [3.05, 3.63) is 28.0 Å². The molecule has 0 unspecified atom stereocenters. The van der Waals surface area contributed by atoms with Crippen molar-refractivity contribution in [2.24, 2.45) is 0 Å². The molecule has 0 aliphatic carbocycles. The number of aromatic nitrogens is 1. The molecule has 0 fully saturated rings. The molecule has 1 heterocycles. The zero-order chi connectivity index (χ0) is 15.3. The Bertz CT molecular complexity index is 475. The number of hydrogen-bond donors (Lipinski definition) is 2. The Morgan fingerprint density at radius 3 is 2.70 bits per heavy atom. The molecule has 0 bridgehead atoms. The van der Waals surface area contributed by atoms with Crippen molar-refractivity contribution in [1.82, 2.24) is 10.3 Å². The number of amides is 1. The van der Waals surface area contributed by atoms with E-state index in [1.807, 2.05) is 0 Å². The molecule has 0 aromatic carbocycles. The van der Waals surface area contributed by atoms with Crippen LogP contribution in [0.2, 0.25) is 10.2 Å². The third-order valence-corrected chi connectivity index (χ3v) is 2.89. The summed E-state index contributed by atoms with van der Waals surface area (Å²) in [6, 6.07) is 1.63. The number of hydrogen-bond acceptors (Lipinski definition) is 4. The lowest BCUT2D eigenvalue weighted by molar-refractivity contribution is 0.0492. The van der Waals surface area contributed by atoms with E-state index < -0.39 is 17.8 Å². The highest BCUT2D eigenvalue weighted by atomic mass is 35.5. The second kappa shape index (κ2) is 7.11. The van der Waals surface area contributed by atoms with Crippen LogP contribution >= 0.6 is 23.2 Å². The van der Waals surface area contributed by atoms with Crippen LogP contribution < -0.4 is 5.32 Å². The summed E-state index contributed by atoms with van der Waals surface area (Å²) in [6.45, 7) is 5.38. The van der Waals surface area contributed by atoms with Crippen LogP contribution in [0.1, 0.15) is 26.3 Å². The average Bonchev–Trinajstić information content (AvgIpc) is 2.29. The van der Waals surface area contributed by atoms with E-state index in [1.165, 1.54) is 6.20 Å². The van der Waals surface area contributed by atoms with Crippen LogP contribution in [0.25, 0.3) is 0 Å². The maximum Gasteiger partial charge on any atom is 0.407 e. The Morgan fingerprint density at radius 1 is 1.50 bits per heavy atom. The lowest BCUT2D eigenvalue weighted by Gasteiger charge is -2.20. The molecule has 0 spiro atoms. The number of carbonyl (C=O) groups is 1. The smallest absolute Gasteiger partial charge is 0.407 e. The lowest BCUT2D eigenvalue weighted by atomic mass is 10.1. The fourth-order valence-electron chi connectivity index (χ4n) is 1.43. The van der Waals surface area contributed by atoms with Crippen molar-refractivity contribution in [2.45, 2.75) is 38.9 Å². The Kier molecular flexibility index (Phi) is 6.05. The summed E-state index contributed by atoms with van der Waals surface area (Å²) in [5.41, 5.74) is 0.167. The fourth-order valence-corrected chi connectivity index (χ4v) is 1.72. The standard InChI is InChI=1S/C13H18Cl2N2O3/c1-13(2,3)20-12(19)17-7-9(18)4-8-5-10(14)11(15)16-6-8/h5-6,9,18H,4,7H2,1-3H3,(H,17,19)/t9-/m0/s1. The van der Waals surface area contributed by atoms with Crippen LogP contribution in [0.15, 0.2) is 12.3 Å². The monoisotopic (exact) mass is 320 g/mol. The summed E-state index contributed by atoms with van der Waals surface area (Å²) in [5.74, 6) is 0. The first-order chi connectivity index (χ1) is 9.17. The van der Waals surface area contributed by atoms with E-state index >= 15 is 0 Å². The first-order valence-electron chi connectivity index (χ1n) is 6.12. The first kappa shape index (κ1) is 17.0. The molecule has 112 valence electrons. The minimum absolute atomic E-state index is 0.0785. The van der Waals surface area contributed by atoms with Gasteiger partial charge < -0.3 is 15.2 Å². The summed E-state index contributed by atoms with van der Waals surface area (Å²) < 4.78 is 5.06. The van der Waals surface area contributed by atoms with Gasteiger partial charge in [0.15, 0.2) is 0 Å². The van der Waals surface area contributed by atoms with Gasteiger partial charge in [-0.05, 0) is 32.4 Å². The van der Waals surface area contributed by atoms with Gasteiger partial charge in [0, 0.05) is 19.2 Å². The molecule has 0 saturated heterocycles. The van der Waals surface area contributed by atoms with Crippen molar-refractivity contribution < 1.29 is 14.6 Å². The molecule has 7 heteroatoms. The van der Waals surface area contributed by atoms with Crippen LogP contribution in [0.5, 0.6) is 0 Å². The van der Waals surface area contributed by atoms with Crippen LogP contribution in [0.3, 0.4) is 0 Å². The number of carbonyl (C=O) groups excluding carboxylic acids is 1. The van der Waals surface area contributed by atoms with Crippen LogP contribution in [-0.2, 0) is 11.2 Å². The molecule has 20 heavy (non-hydrogen) atoms. The van der Waals surface area contributed by atoms with Gasteiger partial charge in [-0.1, -0.05) is 23.2 Å². The number of alkyl carbamates (subject to hydrolysis) is 1. The number of rotatable bonds is 4. The Hall–Kier alpha value is -1.04. The average molecular weight is 321 g/mol. The molecule has 0 aliphatic heterocycles. The van der Waals surface area contributed by atoms with Crippen molar-refractivity contribution in [3.63, 3.8) is 0 Å². The van der Waals surface area contributed by atoms with E-state index in [0.29, 0.717) is 11.4 Å². The molecule has 1 atom stereocenters. The molecule has 0 aliphatic rings. The minimum Gasteiger partial charge on any atom is -0.444 e. The molecular weight excluding hydrogens is 303 g/mol. The van der Waals surface area contributed by atoms with E-state index in [0.717, 1.165) is 5.56 Å². The molecule has 2 N–H and O–H groups in total. The number of aliphatic hydroxyl groups is 1. The van der Waals surface area contributed by atoms with Crippen LogP contribution in [-0.4, -0.2) is 34.4 Å². The van der Waals surface area contributed by atoms with Gasteiger partial charge in [0.2, 0.25) is 0 Å². The molecule has 1 aromatic heterocycles. The Morgan fingerprint density at radius 2 is 2.15 bits per heavy atom. The molecular formula is C13H18Cl2N2O3. The molecule has 5 nitrogen and oxygen atoms in total. The highest BCUT2D eigenvalue weighted by Gasteiger charge is 2.17. The maximum absolute atomic E-state index is 11.4. The van der Waals surface area contributed by atoms with E-state index in [2.05, 4.69) is 10.3 Å². The summed E-state index contributed by atoms with van der Waals surface area (Å²) in [7, 11) is 0. The minimum atomic E-state index is -0.762. The van der Waals surface area contributed by atoms with Crippen molar-refractivity contribution in [3.8, 4) is 0 Å². The van der Waals surface area contributed by atoms with Crippen molar-refractivity contribution >= 4 is 29.3 Å². The zero-order valence-electron chi connectivity index (χ0n) is 11.6. The van der Waals surface area contributed by atoms with Gasteiger partial charge >= 0.3 is 6.09 Å². The molecule has 0 saturated carbocycles. The van der Waals surface area contributed by atoms with E-state index in [-0.39, 0.29) is 11.7 Å². The normalized spacial score (nSPS) is 12.9. The third kappa shape index (κ3) is 6.41. The highest BCUT2D eigenvalue weighted by Crippen LogP contribution is 2.20. The number of pyridine rings is 1. The summed E-state index contributed by atoms with van der Waals surface area (Å²) in [6.07, 6.45) is 0.510. The maximum atomic E-state index is 11.4. The predicted molar refractivity (Wildman–Crippen MR) is 78.2 cm³/mol. The van der Waals surface area contributed by atoms with Gasteiger partial charge in [-0.2, -0.15) is 0 Å². The van der Waals surface area contributed by atoms with Gasteiger partial charge in [-0.3, -0.25) is 0 Å². The summed E-state index contributed by atoms with van der Waals surface area (Å²) in [4.78, 5) is 15.3. The van der Waals surface area contributed by atoms with Crippen LogP contribution in [0, 0.1) is 0 Å². The molecule has 1 aromatic rings. The number of nitrogens with one attached hydrogen (secondary N) is 1. The van der Waals surface area contributed by atoms with E-state index in [1.54, 1.807) is 26.8 Å². The molecule has 1 amide bonds. The second-order valence-electron chi connectivity index (χ2n) is 5.36. The summed E-state index contributed by atoms with van der Waals surface area (Å²) >= 11 is 11.5. The molecule has 0 radical (unpaired) electrons. The first-order valence-corrected chi connectivity index (χ1v) is 6.88. The van der Waals surface area contributed by atoms with E-state index in [9.17, 15) is 9.90 Å². The van der Waals surface area contributed by atoms with Gasteiger partial charge in [-0.25, -0.2) is 9.78 Å². The Balaban J connectivity index is 2.42. The third-order valence-electron chi connectivity index (χ3n) is 2.21. The van der Waals surface area contributed by atoms with E-state index in [4.69, 9.17) is 27.9 Å². The SMILES string of the molecule is CC(C)(C)OC(=O)NC[C@@H](O)Cc1cnc(Cl)c(Cl)c1. The second-order valence-corrected chi connectivity index (χ2v) is 6.12. The largest absolute Gasteiger partial charge is 0.444 e. The van der Waals surface area contributed by atoms with Gasteiger partial charge in [-0.15, -0.1) is 0 Å². The van der Waals surface area contributed by atoms with Gasteiger partial charge in [0.05, 0.1) is 11.1 Å². The van der Waals surface area contributed by atoms with Crippen molar-refractivity contribution in [2.75, 3.05) is 6.54 Å². The topological polar surface area (TPSA) is 71.5 Å². The fraction of sp³-hybridized carbons (Fsp3) is 0.538. The Labute approximate surface area is 128 Å². The molecule has 1 rings (SSSR count). The van der Waals surface area contributed by atoms with Crippen LogP contribution in [0.4, 0.5) is 4.79 Å². The number of ether oxygens (including phenoxy) is 1. The number of aliphatic hydroxyl groups excluding tert-OH is 1. The quantitative estimate of drug-likeness (QED) is 0.837. The number of nitrogens with zero attached hydrogens (tertiary/aromatic N) is 1. The van der Waals surface area contributed by atoms with Gasteiger partial charge in [0.25, 0.3) is 0 Å². The van der Waals surface area contributed by atoms with Crippen molar-refractivity contribution in [1.29, 1.82) is 0 Å². The van der Waals surface area contributed by atoms with Gasteiger partial charge in [0.1, 0.15) is 10.8 Å². The highest BCUT2D eigenvalue weighted by molar-refractivity contribution is 6.41. The summed E-state index contributed by atoms with van der Waals surface area (Å²) in [5, 5.41) is 12.9. The lowest BCUT2D eigenvalue weighted by Crippen LogP contribution is -2.37. The number of halogens is 2. The zero-order valence-corrected chi connectivity index (χ0v) is 13.1.